The van der Waals surface area contributed by atoms with Crippen molar-refractivity contribution in [3.8, 4) is 0 Å². The standard InChI is InChI=1S/C13H14BrN/c1-15-8-11(13(9-14)6-7-13)10-4-2-3-5-12(10)15/h2-5,8H,6-7,9H2,1H3. The minimum absolute atomic E-state index is 0.431. The summed E-state index contributed by atoms with van der Waals surface area (Å²) in [5.74, 6) is 0. The average molecular weight is 264 g/mol. The van der Waals surface area contributed by atoms with Gasteiger partial charge in [-0.2, -0.15) is 0 Å². The Kier molecular flexibility index (Phi) is 1.96. The van der Waals surface area contributed by atoms with Gasteiger partial charge in [0.25, 0.3) is 0 Å². The fourth-order valence-corrected chi connectivity index (χ4v) is 3.25. The van der Waals surface area contributed by atoms with Crippen molar-refractivity contribution in [2.24, 2.45) is 7.05 Å². The fraction of sp³-hybridized carbons (Fsp3) is 0.385. The topological polar surface area (TPSA) is 4.93 Å². The van der Waals surface area contributed by atoms with E-state index in [4.69, 9.17) is 0 Å². The molecule has 1 nitrogen and oxygen atoms in total. The highest BCUT2D eigenvalue weighted by atomic mass is 79.9. The van der Waals surface area contributed by atoms with Crippen LogP contribution in [0.3, 0.4) is 0 Å². The molecule has 0 N–H and O–H groups in total. The third-order valence-corrected chi connectivity index (χ3v) is 4.65. The SMILES string of the molecule is Cn1cc(C2(CBr)CC2)c2ccccc21. The van der Waals surface area contributed by atoms with E-state index >= 15 is 0 Å². The molecular formula is C13H14BrN. The molecular weight excluding hydrogens is 250 g/mol. The zero-order valence-corrected chi connectivity index (χ0v) is 10.4. The van der Waals surface area contributed by atoms with E-state index in [-0.39, 0.29) is 0 Å². The maximum Gasteiger partial charge on any atom is 0.0480 e. The van der Waals surface area contributed by atoms with Gasteiger partial charge >= 0.3 is 0 Å². The Labute approximate surface area is 98.2 Å². The van der Waals surface area contributed by atoms with E-state index in [9.17, 15) is 0 Å². The first kappa shape index (κ1) is 9.46. The lowest BCUT2D eigenvalue weighted by Crippen LogP contribution is -2.06. The van der Waals surface area contributed by atoms with Crippen molar-refractivity contribution in [2.45, 2.75) is 18.3 Å². The highest BCUT2D eigenvalue weighted by Gasteiger charge is 2.44. The molecule has 15 heavy (non-hydrogen) atoms. The molecule has 1 saturated carbocycles. The maximum atomic E-state index is 3.66. The first-order valence-electron chi connectivity index (χ1n) is 5.37. The number of fused-ring (bicyclic) bond motifs is 1. The minimum Gasteiger partial charge on any atom is -0.350 e. The number of aromatic nitrogens is 1. The van der Waals surface area contributed by atoms with Gasteiger partial charge in [0.2, 0.25) is 0 Å². The van der Waals surface area contributed by atoms with Crippen molar-refractivity contribution in [2.75, 3.05) is 5.33 Å². The number of rotatable bonds is 2. The van der Waals surface area contributed by atoms with Crippen molar-refractivity contribution in [1.29, 1.82) is 0 Å². The molecule has 1 aromatic carbocycles. The molecule has 2 heteroatoms. The van der Waals surface area contributed by atoms with Crippen LogP contribution >= 0.6 is 15.9 Å². The van der Waals surface area contributed by atoms with Crippen LogP contribution in [0, 0.1) is 0 Å². The Bertz CT molecular complexity index is 508. The zero-order valence-electron chi connectivity index (χ0n) is 8.83. The van der Waals surface area contributed by atoms with E-state index in [1.54, 1.807) is 0 Å². The summed E-state index contributed by atoms with van der Waals surface area (Å²) < 4.78 is 2.24. The van der Waals surface area contributed by atoms with Gasteiger partial charge in [0.1, 0.15) is 0 Å². The predicted molar refractivity (Wildman–Crippen MR) is 67.6 cm³/mol. The van der Waals surface area contributed by atoms with E-state index in [1.807, 2.05) is 0 Å². The summed E-state index contributed by atoms with van der Waals surface area (Å²) >= 11 is 3.66. The molecule has 0 unspecified atom stereocenters. The molecule has 0 bridgehead atoms. The van der Waals surface area contributed by atoms with Crippen LogP contribution in [-0.4, -0.2) is 9.90 Å². The zero-order chi connectivity index (χ0) is 10.5. The van der Waals surface area contributed by atoms with E-state index < -0.39 is 0 Å². The Morgan fingerprint density at radius 2 is 2.07 bits per heavy atom. The highest BCUT2D eigenvalue weighted by molar-refractivity contribution is 9.09. The van der Waals surface area contributed by atoms with E-state index in [2.05, 4.69) is 58.0 Å². The lowest BCUT2D eigenvalue weighted by atomic mass is 9.98. The summed E-state index contributed by atoms with van der Waals surface area (Å²) in [6.07, 6.45) is 4.96. The summed E-state index contributed by atoms with van der Waals surface area (Å²) in [4.78, 5) is 0. The summed E-state index contributed by atoms with van der Waals surface area (Å²) in [5, 5.41) is 2.52. The van der Waals surface area contributed by atoms with Gasteiger partial charge in [0, 0.05) is 34.9 Å². The van der Waals surface area contributed by atoms with Crippen molar-refractivity contribution < 1.29 is 0 Å². The molecule has 0 saturated heterocycles. The quantitative estimate of drug-likeness (QED) is 0.730. The lowest BCUT2D eigenvalue weighted by Gasteiger charge is -2.09. The summed E-state index contributed by atoms with van der Waals surface area (Å²) in [5.41, 5.74) is 3.30. The van der Waals surface area contributed by atoms with E-state index in [0.29, 0.717) is 5.41 Å². The highest BCUT2D eigenvalue weighted by Crippen LogP contribution is 2.51. The van der Waals surface area contributed by atoms with Crippen LogP contribution < -0.4 is 0 Å². The van der Waals surface area contributed by atoms with Gasteiger partial charge in [0.15, 0.2) is 0 Å². The van der Waals surface area contributed by atoms with Crippen molar-refractivity contribution >= 4 is 26.8 Å². The maximum absolute atomic E-state index is 3.66. The average Bonchev–Trinajstić information content (AvgIpc) is 3.00. The van der Waals surface area contributed by atoms with Gasteiger partial charge in [-0.1, -0.05) is 34.1 Å². The first-order chi connectivity index (χ1) is 7.27. The summed E-state index contributed by atoms with van der Waals surface area (Å²) in [6.45, 7) is 0. The first-order valence-corrected chi connectivity index (χ1v) is 6.49. The minimum atomic E-state index is 0.431. The van der Waals surface area contributed by atoms with E-state index in [1.165, 1.54) is 29.3 Å². The molecule has 1 aliphatic carbocycles. The summed E-state index contributed by atoms with van der Waals surface area (Å²) in [6, 6.07) is 8.69. The third-order valence-electron chi connectivity index (χ3n) is 3.58. The second-order valence-electron chi connectivity index (χ2n) is 4.58. The normalized spacial score (nSPS) is 18.3. The number of benzene rings is 1. The van der Waals surface area contributed by atoms with Gasteiger partial charge in [-0.25, -0.2) is 0 Å². The molecule has 1 heterocycles. The number of alkyl halides is 1. The molecule has 3 rings (SSSR count). The lowest BCUT2D eigenvalue weighted by molar-refractivity contribution is 0.806. The van der Waals surface area contributed by atoms with Gasteiger partial charge < -0.3 is 4.57 Å². The second-order valence-corrected chi connectivity index (χ2v) is 5.15. The molecule has 0 aliphatic heterocycles. The van der Waals surface area contributed by atoms with Crippen LogP contribution in [0.5, 0.6) is 0 Å². The number of hydrogen-bond donors (Lipinski definition) is 0. The number of aryl methyl sites for hydroxylation is 1. The Balaban J connectivity index is 2.28. The van der Waals surface area contributed by atoms with Crippen molar-refractivity contribution in [3.63, 3.8) is 0 Å². The van der Waals surface area contributed by atoms with Gasteiger partial charge in [-0.05, 0) is 24.5 Å². The van der Waals surface area contributed by atoms with Crippen LogP contribution in [-0.2, 0) is 12.5 Å². The van der Waals surface area contributed by atoms with Crippen LogP contribution in [0.2, 0.25) is 0 Å². The van der Waals surface area contributed by atoms with Gasteiger partial charge in [-0.15, -0.1) is 0 Å². The Hall–Kier alpha value is -0.760. The van der Waals surface area contributed by atoms with Crippen molar-refractivity contribution in [1.82, 2.24) is 4.57 Å². The molecule has 1 fully saturated rings. The molecule has 2 aromatic rings. The van der Waals surface area contributed by atoms with Gasteiger partial charge in [0.05, 0.1) is 0 Å². The monoisotopic (exact) mass is 263 g/mol. The fourth-order valence-electron chi connectivity index (χ4n) is 2.39. The molecule has 78 valence electrons. The molecule has 0 spiro atoms. The van der Waals surface area contributed by atoms with Crippen LogP contribution in [0.25, 0.3) is 10.9 Å². The summed E-state index contributed by atoms with van der Waals surface area (Å²) in [7, 11) is 2.14. The van der Waals surface area contributed by atoms with Crippen LogP contribution in [0.4, 0.5) is 0 Å². The van der Waals surface area contributed by atoms with Crippen molar-refractivity contribution in [3.05, 3.63) is 36.0 Å². The predicted octanol–water partition coefficient (Wildman–Crippen LogP) is 3.60. The van der Waals surface area contributed by atoms with Crippen LogP contribution in [0.15, 0.2) is 30.5 Å². The molecule has 0 atom stereocenters. The smallest absolute Gasteiger partial charge is 0.0480 e. The van der Waals surface area contributed by atoms with E-state index in [0.717, 1.165) is 5.33 Å². The molecule has 0 radical (unpaired) electrons. The Morgan fingerprint density at radius 1 is 1.33 bits per heavy atom. The largest absolute Gasteiger partial charge is 0.350 e. The van der Waals surface area contributed by atoms with Crippen LogP contribution in [0.1, 0.15) is 18.4 Å². The molecule has 1 aromatic heterocycles. The third kappa shape index (κ3) is 1.27. The molecule has 1 aliphatic rings. The number of halogens is 1. The number of para-hydroxylation sites is 1. The molecule has 0 amide bonds. The Morgan fingerprint density at radius 3 is 2.73 bits per heavy atom. The second kappa shape index (κ2) is 3.11. The number of hydrogen-bond acceptors (Lipinski definition) is 0. The van der Waals surface area contributed by atoms with Gasteiger partial charge in [-0.3, -0.25) is 0 Å². The number of nitrogens with zero attached hydrogens (tertiary/aromatic N) is 1.